The summed E-state index contributed by atoms with van der Waals surface area (Å²) in [5, 5.41) is 0. The van der Waals surface area contributed by atoms with E-state index in [4.69, 9.17) is 16.3 Å². The second kappa shape index (κ2) is 7.51. The molecule has 2 amide bonds. The van der Waals surface area contributed by atoms with Gasteiger partial charge in [0, 0.05) is 20.1 Å². The number of ether oxygens (including phenoxy) is 1. The molecule has 1 atom stereocenters. The number of hydrogen-bond acceptors (Lipinski definition) is 4. The zero-order valence-corrected chi connectivity index (χ0v) is 15.5. The van der Waals surface area contributed by atoms with Crippen molar-refractivity contribution in [1.29, 1.82) is 0 Å². The number of alkyl halides is 1. The van der Waals surface area contributed by atoms with Crippen molar-refractivity contribution in [1.82, 2.24) is 9.80 Å². The molecule has 1 aliphatic rings. The van der Waals surface area contributed by atoms with Gasteiger partial charge in [-0.25, -0.2) is 4.79 Å². The van der Waals surface area contributed by atoms with Crippen LogP contribution in [0, 0.1) is 11.8 Å². The van der Waals surface area contributed by atoms with Crippen LogP contribution in [-0.2, 0) is 19.1 Å². The Labute approximate surface area is 143 Å². The third-order valence-corrected chi connectivity index (χ3v) is 3.97. The van der Waals surface area contributed by atoms with Gasteiger partial charge < -0.3 is 14.5 Å². The lowest BCUT2D eigenvalue weighted by molar-refractivity contribution is -0.168. The predicted molar refractivity (Wildman–Crippen MR) is 88.0 cm³/mol. The molecule has 6 nitrogen and oxygen atoms in total. The molecular formula is C16H27ClN2O4. The third kappa shape index (κ3) is 5.09. The molecule has 1 heterocycles. The van der Waals surface area contributed by atoms with Gasteiger partial charge >= 0.3 is 5.97 Å². The van der Waals surface area contributed by atoms with Crippen LogP contribution in [-0.4, -0.2) is 65.2 Å². The monoisotopic (exact) mass is 346 g/mol. The van der Waals surface area contributed by atoms with Crippen LogP contribution in [0.25, 0.3) is 0 Å². The molecular weight excluding hydrogens is 320 g/mol. The van der Waals surface area contributed by atoms with E-state index in [0.29, 0.717) is 13.1 Å². The van der Waals surface area contributed by atoms with E-state index < -0.39 is 17.6 Å². The maximum absolute atomic E-state index is 12.5. The number of carbonyl (C=O) groups is 3. The first-order valence-corrected chi connectivity index (χ1v) is 8.34. The molecule has 7 heteroatoms. The van der Waals surface area contributed by atoms with E-state index in [1.807, 2.05) is 13.8 Å². The number of esters is 1. The van der Waals surface area contributed by atoms with Crippen LogP contribution < -0.4 is 0 Å². The van der Waals surface area contributed by atoms with Gasteiger partial charge in [-0.1, -0.05) is 13.8 Å². The molecule has 0 aromatic rings. The van der Waals surface area contributed by atoms with Crippen LogP contribution in [0.3, 0.4) is 0 Å². The van der Waals surface area contributed by atoms with E-state index in [1.165, 1.54) is 4.90 Å². The summed E-state index contributed by atoms with van der Waals surface area (Å²) in [5.74, 6) is -1.16. The van der Waals surface area contributed by atoms with Crippen molar-refractivity contribution in [2.45, 2.75) is 46.3 Å². The highest BCUT2D eigenvalue weighted by Gasteiger charge is 2.41. The molecule has 0 aromatic heterocycles. The molecule has 132 valence electrons. The minimum Gasteiger partial charge on any atom is -0.458 e. The van der Waals surface area contributed by atoms with Gasteiger partial charge in [-0.2, -0.15) is 0 Å². The highest BCUT2D eigenvalue weighted by Crippen LogP contribution is 2.22. The minimum atomic E-state index is -0.639. The van der Waals surface area contributed by atoms with E-state index in [0.717, 1.165) is 0 Å². The largest absolute Gasteiger partial charge is 0.458 e. The highest BCUT2D eigenvalue weighted by molar-refractivity contribution is 6.27. The molecule has 1 fully saturated rings. The number of amides is 2. The normalized spacial score (nSPS) is 16.8. The van der Waals surface area contributed by atoms with Gasteiger partial charge in [-0.3, -0.25) is 9.59 Å². The molecule has 0 aromatic carbocycles. The Kier molecular flexibility index (Phi) is 6.45. The Hall–Kier alpha value is -1.30. The van der Waals surface area contributed by atoms with Crippen molar-refractivity contribution in [3.8, 4) is 0 Å². The van der Waals surface area contributed by atoms with E-state index in [-0.39, 0.29) is 29.5 Å². The first-order valence-electron chi connectivity index (χ1n) is 7.81. The van der Waals surface area contributed by atoms with Crippen LogP contribution in [0.2, 0.25) is 0 Å². The van der Waals surface area contributed by atoms with E-state index in [2.05, 4.69) is 0 Å². The fraction of sp³-hybridized carbons (Fsp3) is 0.812. The third-order valence-electron chi connectivity index (χ3n) is 3.74. The molecule has 0 unspecified atom stereocenters. The highest BCUT2D eigenvalue weighted by atomic mass is 35.5. The number of rotatable bonds is 5. The van der Waals surface area contributed by atoms with Gasteiger partial charge in [0.15, 0.2) is 0 Å². The lowest BCUT2D eigenvalue weighted by Gasteiger charge is -2.41. The first-order chi connectivity index (χ1) is 10.5. The van der Waals surface area contributed by atoms with Crippen molar-refractivity contribution in [2.24, 2.45) is 11.8 Å². The summed E-state index contributed by atoms with van der Waals surface area (Å²) in [4.78, 5) is 39.4. The van der Waals surface area contributed by atoms with Crippen molar-refractivity contribution in [3.63, 3.8) is 0 Å². The zero-order valence-electron chi connectivity index (χ0n) is 14.8. The average Bonchev–Trinajstić information content (AvgIpc) is 2.33. The maximum Gasteiger partial charge on any atom is 0.329 e. The van der Waals surface area contributed by atoms with E-state index >= 15 is 0 Å². The predicted octanol–water partition coefficient (Wildman–Crippen LogP) is 1.51. The lowest BCUT2D eigenvalue weighted by atomic mass is 9.95. The van der Waals surface area contributed by atoms with E-state index in [9.17, 15) is 14.4 Å². The van der Waals surface area contributed by atoms with Gasteiger partial charge in [0.2, 0.25) is 11.8 Å². The van der Waals surface area contributed by atoms with Gasteiger partial charge in [0.1, 0.15) is 17.5 Å². The second-order valence-electron chi connectivity index (χ2n) is 7.30. The number of nitrogens with zero attached hydrogens (tertiary/aromatic N) is 2. The Morgan fingerprint density at radius 1 is 1.26 bits per heavy atom. The number of halogens is 1. The number of likely N-dealkylation sites (N-methyl/N-ethyl adjacent to an activating group) is 1. The van der Waals surface area contributed by atoms with Crippen LogP contribution in [0.5, 0.6) is 0 Å². The Morgan fingerprint density at radius 2 is 1.78 bits per heavy atom. The molecule has 1 aliphatic heterocycles. The smallest absolute Gasteiger partial charge is 0.329 e. The summed E-state index contributed by atoms with van der Waals surface area (Å²) in [6.45, 7) is 9.86. The Bertz CT molecular complexity index is 467. The molecule has 23 heavy (non-hydrogen) atoms. The summed E-state index contributed by atoms with van der Waals surface area (Å²) >= 11 is 5.50. The maximum atomic E-state index is 12.5. The number of likely N-dealkylation sites (tertiary alicyclic amines) is 1. The van der Waals surface area contributed by atoms with Crippen LogP contribution in [0.15, 0.2) is 0 Å². The Morgan fingerprint density at radius 3 is 2.17 bits per heavy atom. The van der Waals surface area contributed by atoms with Gasteiger partial charge in [-0.15, -0.1) is 11.6 Å². The molecule has 1 saturated heterocycles. The fourth-order valence-corrected chi connectivity index (χ4v) is 2.76. The topological polar surface area (TPSA) is 66.9 Å². The summed E-state index contributed by atoms with van der Waals surface area (Å²) in [7, 11) is 1.61. The Balaban J connectivity index is 2.72. The van der Waals surface area contributed by atoms with Crippen LogP contribution in [0.4, 0.5) is 0 Å². The standard InChI is InChI=1S/C16H27ClN2O4/c1-10(2)13(15(22)23-16(3,4)5)18(6)14(21)11-8-19(9-11)12(20)7-17/h10-11,13H,7-9H2,1-6H3/t13-/m0/s1. The second-order valence-corrected chi connectivity index (χ2v) is 7.57. The molecule has 0 N–H and O–H groups in total. The summed E-state index contributed by atoms with van der Waals surface area (Å²) in [6, 6.07) is -0.639. The SMILES string of the molecule is CC(C)[C@@H](C(=O)OC(C)(C)C)N(C)C(=O)C1CN(C(=O)CCl)C1. The first kappa shape index (κ1) is 19.7. The van der Waals surface area contributed by atoms with Gasteiger partial charge in [0.05, 0.1) is 5.92 Å². The number of carbonyl (C=O) groups excluding carboxylic acids is 3. The van der Waals surface area contributed by atoms with Crippen molar-refractivity contribution in [2.75, 3.05) is 26.0 Å². The molecule has 1 rings (SSSR count). The molecule has 0 radical (unpaired) electrons. The summed E-state index contributed by atoms with van der Waals surface area (Å²) in [5.41, 5.74) is -0.603. The minimum absolute atomic E-state index is 0.0700. The van der Waals surface area contributed by atoms with Crippen molar-refractivity contribution in [3.05, 3.63) is 0 Å². The quantitative estimate of drug-likeness (QED) is 0.559. The number of hydrogen-bond donors (Lipinski definition) is 0. The molecule has 0 bridgehead atoms. The van der Waals surface area contributed by atoms with Gasteiger partial charge in [-0.05, 0) is 26.7 Å². The molecule has 0 aliphatic carbocycles. The van der Waals surface area contributed by atoms with Crippen LogP contribution in [0.1, 0.15) is 34.6 Å². The summed E-state index contributed by atoms with van der Waals surface area (Å²) < 4.78 is 5.43. The van der Waals surface area contributed by atoms with Crippen molar-refractivity contribution < 1.29 is 19.1 Å². The summed E-state index contributed by atoms with van der Waals surface area (Å²) in [6.07, 6.45) is 0. The van der Waals surface area contributed by atoms with Crippen LogP contribution >= 0.6 is 11.6 Å². The zero-order chi connectivity index (χ0) is 17.9. The van der Waals surface area contributed by atoms with Gasteiger partial charge in [0.25, 0.3) is 0 Å². The van der Waals surface area contributed by atoms with E-state index in [1.54, 1.807) is 32.7 Å². The average molecular weight is 347 g/mol. The van der Waals surface area contributed by atoms with Crippen molar-refractivity contribution >= 4 is 29.4 Å². The lowest BCUT2D eigenvalue weighted by Crippen LogP contribution is -2.59. The fourth-order valence-electron chi connectivity index (χ4n) is 2.59. The molecule has 0 saturated carbocycles. The molecule has 0 spiro atoms.